The molecule has 7 nitrogen and oxygen atoms in total. The summed E-state index contributed by atoms with van der Waals surface area (Å²) in [7, 11) is -4.38. The number of benzene rings is 1. The molecule has 0 heterocycles. The van der Waals surface area contributed by atoms with Gasteiger partial charge in [-0.3, -0.25) is 4.79 Å². The van der Waals surface area contributed by atoms with Crippen LogP contribution in [-0.2, 0) is 23.9 Å². The first-order valence-corrected chi connectivity index (χ1v) is 9.13. The van der Waals surface area contributed by atoms with Crippen molar-refractivity contribution in [3.8, 4) is 0 Å². The average molecular weight is 371 g/mol. The molecule has 0 radical (unpaired) electrons. The number of carbonyl (C=O) groups excluding carboxylic acids is 2. The molecule has 140 valence electrons. The SMILES string of the molecule is Cc1ccc(S(=O)(=O)ON(C(=O)OC(C)(C)C)C(=O)C(C)(C)C)cc1. The molecular weight excluding hydrogens is 346 g/mol. The van der Waals surface area contributed by atoms with Crippen molar-refractivity contribution in [3.63, 3.8) is 0 Å². The zero-order valence-corrected chi connectivity index (χ0v) is 16.4. The van der Waals surface area contributed by atoms with E-state index in [4.69, 9.17) is 9.02 Å². The second-order valence-corrected chi connectivity index (χ2v) is 9.20. The molecule has 0 saturated carbocycles. The predicted molar refractivity (Wildman–Crippen MR) is 92.0 cm³/mol. The maximum absolute atomic E-state index is 12.5. The number of hydrogen-bond acceptors (Lipinski definition) is 6. The summed E-state index contributed by atoms with van der Waals surface area (Å²) in [6, 6.07) is 5.83. The standard InChI is InChI=1S/C17H25NO6S/c1-12-8-10-13(11-9-12)25(21,22)24-18(14(19)16(2,3)4)15(20)23-17(5,6)7/h8-11H,1-7H3. The Hall–Kier alpha value is -1.93. The van der Waals surface area contributed by atoms with Crippen LogP contribution in [0, 0.1) is 12.3 Å². The zero-order chi connectivity index (χ0) is 19.6. The summed E-state index contributed by atoms with van der Waals surface area (Å²) in [6.45, 7) is 11.2. The van der Waals surface area contributed by atoms with Gasteiger partial charge >= 0.3 is 16.2 Å². The number of hydroxylamine groups is 2. The quantitative estimate of drug-likeness (QED) is 0.756. The molecular formula is C17H25NO6S. The van der Waals surface area contributed by atoms with Crippen LogP contribution in [0.15, 0.2) is 29.2 Å². The molecule has 1 rings (SSSR count). The van der Waals surface area contributed by atoms with Crippen molar-refractivity contribution in [3.05, 3.63) is 29.8 Å². The number of imide groups is 1. The van der Waals surface area contributed by atoms with Crippen LogP contribution in [0.1, 0.15) is 47.1 Å². The molecule has 0 aliphatic heterocycles. The van der Waals surface area contributed by atoms with Crippen molar-refractivity contribution in [1.82, 2.24) is 5.06 Å². The summed E-state index contributed by atoms with van der Waals surface area (Å²) >= 11 is 0. The number of aryl methyl sites for hydroxylation is 1. The molecule has 0 atom stereocenters. The van der Waals surface area contributed by atoms with Gasteiger partial charge in [0.1, 0.15) is 5.60 Å². The Morgan fingerprint density at radius 2 is 1.44 bits per heavy atom. The second-order valence-electron chi connectivity index (χ2n) is 7.67. The summed E-state index contributed by atoms with van der Waals surface area (Å²) in [5, 5.41) is 0.167. The van der Waals surface area contributed by atoms with Gasteiger partial charge in [0.25, 0.3) is 5.91 Å². The third kappa shape index (κ3) is 6.13. The van der Waals surface area contributed by atoms with Gasteiger partial charge in [0.2, 0.25) is 0 Å². The summed E-state index contributed by atoms with van der Waals surface area (Å²) in [4.78, 5) is 24.6. The van der Waals surface area contributed by atoms with Gasteiger partial charge < -0.3 is 4.74 Å². The van der Waals surface area contributed by atoms with Gasteiger partial charge in [-0.05, 0) is 39.8 Å². The van der Waals surface area contributed by atoms with Gasteiger partial charge in [0.05, 0.1) is 4.90 Å². The average Bonchev–Trinajstić information content (AvgIpc) is 2.41. The molecule has 0 aliphatic rings. The van der Waals surface area contributed by atoms with E-state index in [-0.39, 0.29) is 9.96 Å². The largest absolute Gasteiger partial charge is 0.443 e. The zero-order valence-electron chi connectivity index (χ0n) is 15.6. The third-order valence-electron chi connectivity index (χ3n) is 2.87. The minimum atomic E-state index is -4.38. The van der Waals surface area contributed by atoms with E-state index in [0.29, 0.717) is 0 Å². The van der Waals surface area contributed by atoms with Crippen LogP contribution < -0.4 is 0 Å². The Balaban J connectivity index is 3.22. The summed E-state index contributed by atoms with van der Waals surface area (Å²) in [5.74, 6) is -0.836. The van der Waals surface area contributed by atoms with Gasteiger partial charge in [-0.2, -0.15) is 8.42 Å². The molecule has 0 saturated heterocycles. The number of nitrogens with zero attached hydrogens (tertiary/aromatic N) is 1. The molecule has 1 aromatic carbocycles. The summed E-state index contributed by atoms with van der Waals surface area (Å²) in [6.07, 6.45) is -1.19. The predicted octanol–water partition coefficient (Wildman–Crippen LogP) is 3.43. The van der Waals surface area contributed by atoms with E-state index in [1.807, 2.05) is 0 Å². The van der Waals surface area contributed by atoms with Crippen LogP contribution >= 0.6 is 0 Å². The lowest BCUT2D eigenvalue weighted by Crippen LogP contribution is -2.46. The van der Waals surface area contributed by atoms with E-state index in [1.54, 1.807) is 39.8 Å². The third-order valence-corrected chi connectivity index (χ3v) is 4.06. The maximum atomic E-state index is 12.5. The van der Waals surface area contributed by atoms with Crippen molar-refractivity contribution in [2.75, 3.05) is 0 Å². The Bertz CT molecular complexity index is 739. The Kier molecular flexibility index (Phi) is 6.02. The van der Waals surface area contributed by atoms with E-state index in [0.717, 1.165) is 5.56 Å². The molecule has 0 aromatic heterocycles. The fraction of sp³-hybridized carbons (Fsp3) is 0.529. The molecule has 0 unspecified atom stereocenters. The molecule has 0 N–H and O–H groups in total. The smallest absolute Gasteiger partial charge is 0.442 e. The van der Waals surface area contributed by atoms with Crippen molar-refractivity contribution in [1.29, 1.82) is 0 Å². The molecule has 0 bridgehead atoms. The highest BCUT2D eigenvalue weighted by Crippen LogP contribution is 2.23. The number of carbonyl (C=O) groups is 2. The van der Waals surface area contributed by atoms with Crippen LogP contribution in [0.5, 0.6) is 0 Å². The number of ether oxygens (including phenoxy) is 1. The number of rotatable bonds is 3. The lowest BCUT2D eigenvalue weighted by Gasteiger charge is -2.28. The monoisotopic (exact) mass is 371 g/mol. The molecule has 2 amide bonds. The molecule has 1 aromatic rings. The van der Waals surface area contributed by atoms with E-state index in [1.165, 1.54) is 32.9 Å². The summed E-state index contributed by atoms with van der Waals surface area (Å²) < 4.78 is 34.8. The highest BCUT2D eigenvalue weighted by Gasteiger charge is 2.39. The van der Waals surface area contributed by atoms with Crippen molar-refractivity contribution < 1.29 is 27.0 Å². The first-order valence-electron chi connectivity index (χ1n) is 7.72. The van der Waals surface area contributed by atoms with Crippen molar-refractivity contribution in [2.24, 2.45) is 5.41 Å². The minimum Gasteiger partial charge on any atom is -0.442 e. The lowest BCUT2D eigenvalue weighted by molar-refractivity contribution is -0.161. The molecule has 0 spiro atoms. The van der Waals surface area contributed by atoms with Crippen LogP contribution in [-0.4, -0.2) is 31.1 Å². The Morgan fingerprint density at radius 3 is 1.84 bits per heavy atom. The highest BCUT2D eigenvalue weighted by atomic mass is 32.2. The van der Waals surface area contributed by atoms with Crippen molar-refractivity contribution >= 4 is 22.1 Å². The molecule has 0 fully saturated rings. The topological polar surface area (TPSA) is 90.0 Å². The van der Waals surface area contributed by atoms with E-state index >= 15 is 0 Å². The first-order chi connectivity index (χ1) is 11.1. The molecule has 0 aliphatic carbocycles. The minimum absolute atomic E-state index is 0.167. The lowest BCUT2D eigenvalue weighted by atomic mass is 9.96. The summed E-state index contributed by atoms with van der Waals surface area (Å²) in [5.41, 5.74) is -1.13. The van der Waals surface area contributed by atoms with E-state index < -0.39 is 33.1 Å². The van der Waals surface area contributed by atoms with Gasteiger partial charge in [0.15, 0.2) is 0 Å². The molecule has 8 heteroatoms. The Labute approximate surface area is 149 Å². The van der Waals surface area contributed by atoms with E-state index in [2.05, 4.69) is 0 Å². The fourth-order valence-corrected chi connectivity index (χ4v) is 2.48. The van der Waals surface area contributed by atoms with Crippen LogP contribution in [0.4, 0.5) is 4.79 Å². The Morgan fingerprint density at radius 1 is 0.960 bits per heavy atom. The second kappa shape index (κ2) is 7.13. The van der Waals surface area contributed by atoms with Crippen LogP contribution in [0.25, 0.3) is 0 Å². The number of hydrogen-bond donors (Lipinski definition) is 0. The first kappa shape index (κ1) is 21.1. The van der Waals surface area contributed by atoms with Crippen molar-refractivity contribution in [2.45, 2.75) is 59.0 Å². The highest BCUT2D eigenvalue weighted by molar-refractivity contribution is 7.86. The normalized spacial score (nSPS) is 12.6. The molecule has 25 heavy (non-hydrogen) atoms. The van der Waals surface area contributed by atoms with Gasteiger partial charge in [-0.1, -0.05) is 43.5 Å². The van der Waals surface area contributed by atoms with Gasteiger partial charge in [0, 0.05) is 5.41 Å². The van der Waals surface area contributed by atoms with Crippen LogP contribution in [0.2, 0.25) is 0 Å². The van der Waals surface area contributed by atoms with Crippen LogP contribution in [0.3, 0.4) is 0 Å². The fourth-order valence-electron chi connectivity index (χ4n) is 1.60. The number of amides is 2. The van der Waals surface area contributed by atoms with Gasteiger partial charge in [-0.15, -0.1) is 4.28 Å². The van der Waals surface area contributed by atoms with E-state index in [9.17, 15) is 18.0 Å². The maximum Gasteiger partial charge on any atom is 0.443 e. The van der Waals surface area contributed by atoms with Gasteiger partial charge in [-0.25, -0.2) is 4.79 Å².